The summed E-state index contributed by atoms with van der Waals surface area (Å²) in [5.74, 6) is 0.689. The lowest BCUT2D eigenvalue weighted by atomic mass is 9.92. The van der Waals surface area contributed by atoms with Gasteiger partial charge in [0.15, 0.2) is 17.6 Å². The molecule has 320 valence electrons. The van der Waals surface area contributed by atoms with E-state index in [4.69, 9.17) is 14.2 Å². The second kappa shape index (κ2) is 19.7. The maximum Gasteiger partial charge on any atom is 0.240 e. The van der Waals surface area contributed by atoms with Crippen LogP contribution in [-0.4, -0.2) is 41.8 Å². The molecule has 2 aliphatic rings. The number of amides is 4. The average molecular weight is 829 g/mol. The van der Waals surface area contributed by atoms with Crippen molar-refractivity contribution in [1.82, 2.24) is 10.9 Å². The minimum atomic E-state index is -0.910. The van der Waals surface area contributed by atoms with Crippen molar-refractivity contribution in [3.8, 4) is 17.2 Å². The summed E-state index contributed by atoms with van der Waals surface area (Å²) in [5.41, 5.74) is 12.4. The maximum atomic E-state index is 13.4. The van der Waals surface area contributed by atoms with Gasteiger partial charge < -0.3 is 24.8 Å². The van der Waals surface area contributed by atoms with Crippen LogP contribution in [0.15, 0.2) is 89.1 Å². The Labute approximate surface area is 357 Å². The molecular formula is C48H56N6O7. The SMILES string of the molecule is CC(C)c1cccc(C(C)C)c1NC(=O)CCC(=O)N/N=C1\C(=N/NC(=O)CCC(=O)Nc2c(C(C)C)cccc2C(C)C)[C@H](c2ccc3c(c2)OCO3)Oc2ccccc21. The van der Waals surface area contributed by atoms with E-state index in [0.29, 0.717) is 28.4 Å². The third-order valence-electron chi connectivity index (χ3n) is 10.6. The summed E-state index contributed by atoms with van der Waals surface area (Å²) in [6.07, 6.45) is -1.36. The van der Waals surface area contributed by atoms with Gasteiger partial charge in [-0.05, 0) is 70.2 Å². The second-order valence-corrected chi connectivity index (χ2v) is 16.5. The molecule has 2 aliphatic heterocycles. The van der Waals surface area contributed by atoms with Crippen LogP contribution in [0.3, 0.4) is 0 Å². The van der Waals surface area contributed by atoms with Crippen LogP contribution in [0.25, 0.3) is 0 Å². The fraction of sp³-hybridized carbons (Fsp3) is 0.375. The van der Waals surface area contributed by atoms with E-state index in [1.54, 1.807) is 36.4 Å². The summed E-state index contributed by atoms with van der Waals surface area (Å²) in [6, 6.07) is 24.5. The number of ether oxygens (including phenoxy) is 3. The van der Waals surface area contributed by atoms with Gasteiger partial charge in [-0.3, -0.25) is 19.2 Å². The number of hydrogen-bond donors (Lipinski definition) is 4. The monoisotopic (exact) mass is 828 g/mol. The molecule has 61 heavy (non-hydrogen) atoms. The smallest absolute Gasteiger partial charge is 0.240 e. The first-order valence-corrected chi connectivity index (χ1v) is 21.0. The Morgan fingerprint density at radius 1 is 0.557 bits per heavy atom. The van der Waals surface area contributed by atoms with Crippen molar-refractivity contribution in [3.63, 3.8) is 0 Å². The Bertz CT molecular complexity index is 2300. The van der Waals surface area contributed by atoms with Crippen LogP contribution in [0, 0.1) is 0 Å². The number of nitrogens with one attached hydrogen (secondary N) is 4. The average Bonchev–Trinajstić information content (AvgIpc) is 3.71. The van der Waals surface area contributed by atoms with E-state index in [2.05, 4.69) is 87.1 Å². The Balaban J connectivity index is 1.22. The molecule has 0 aliphatic carbocycles. The predicted octanol–water partition coefficient (Wildman–Crippen LogP) is 9.17. The number of benzene rings is 4. The molecule has 4 aromatic rings. The standard InChI is InChI=1S/C48H56N6O7/c1-27(2)32-14-11-15-33(28(3)4)44(32)49-40(55)21-23-42(57)51-53-46-36-13-9-10-18-37(36)61-48(31-19-20-38-39(25-31)60-26-59-38)47(46)54-52-43(58)24-22-41(56)50-45-34(29(5)6)16-12-17-35(45)30(7)8/h9-20,25,27-30,48H,21-24,26H2,1-8H3,(H,49,55)(H,50,56)(H,51,57)(H,52,58)/b53-46-,54-47+/t48-/m0/s1. The van der Waals surface area contributed by atoms with Crippen molar-refractivity contribution >= 4 is 46.4 Å². The number of carbonyl (C=O) groups is 4. The van der Waals surface area contributed by atoms with E-state index in [1.165, 1.54) is 0 Å². The van der Waals surface area contributed by atoms with Crippen molar-refractivity contribution in [2.45, 2.75) is 111 Å². The number of hydrogen-bond acceptors (Lipinski definition) is 9. The van der Waals surface area contributed by atoms with Crippen LogP contribution in [0.5, 0.6) is 17.2 Å². The summed E-state index contributed by atoms with van der Waals surface area (Å²) in [7, 11) is 0. The molecule has 2 heterocycles. The first-order chi connectivity index (χ1) is 29.2. The van der Waals surface area contributed by atoms with Crippen LogP contribution >= 0.6 is 0 Å². The molecule has 4 N–H and O–H groups in total. The molecule has 0 radical (unpaired) electrons. The molecule has 0 spiro atoms. The number of hydrazone groups is 2. The van der Waals surface area contributed by atoms with Gasteiger partial charge in [-0.2, -0.15) is 10.2 Å². The zero-order chi connectivity index (χ0) is 43.8. The number of carbonyl (C=O) groups excluding carboxylic acids is 4. The van der Waals surface area contributed by atoms with Gasteiger partial charge >= 0.3 is 0 Å². The van der Waals surface area contributed by atoms with Crippen LogP contribution in [0.1, 0.15) is 144 Å². The zero-order valence-electron chi connectivity index (χ0n) is 36.2. The highest BCUT2D eigenvalue weighted by Crippen LogP contribution is 2.39. The lowest BCUT2D eigenvalue weighted by molar-refractivity contribution is -0.124. The van der Waals surface area contributed by atoms with Gasteiger partial charge in [0, 0.05) is 48.2 Å². The summed E-state index contributed by atoms with van der Waals surface area (Å²) in [6.45, 7) is 16.7. The molecule has 0 saturated carbocycles. The van der Waals surface area contributed by atoms with E-state index >= 15 is 0 Å². The van der Waals surface area contributed by atoms with Crippen LogP contribution < -0.4 is 35.7 Å². The highest BCUT2D eigenvalue weighted by Gasteiger charge is 2.35. The van der Waals surface area contributed by atoms with E-state index in [0.717, 1.165) is 33.6 Å². The summed E-state index contributed by atoms with van der Waals surface area (Å²) >= 11 is 0. The number of nitrogens with zero attached hydrogens (tertiary/aromatic N) is 2. The minimum absolute atomic E-state index is 0.0689. The van der Waals surface area contributed by atoms with Crippen molar-refractivity contribution in [1.29, 1.82) is 0 Å². The van der Waals surface area contributed by atoms with Gasteiger partial charge in [0.1, 0.15) is 17.2 Å². The van der Waals surface area contributed by atoms with Gasteiger partial charge in [-0.1, -0.05) is 110 Å². The highest BCUT2D eigenvalue weighted by molar-refractivity contribution is 6.51. The summed E-state index contributed by atoms with van der Waals surface area (Å²) in [5, 5.41) is 15.2. The van der Waals surface area contributed by atoms with Gasteiger partial charge in [-0.25, -0.2) is 10.9 Å². The Morgan fingerprint density at radius 2 is 1.03 bits per heavy atom. The second-order valence-electron chi connectivity index (χ2n) is 16.5. The molecule has 13 heteroatoms. The van der Waals surface area contributed by atoms with Gasteiger partial charge in [0.05, 0.1) is 0 Å². The molecule has 0 saturated heterocycles. The van der Waals surface area contributed by atoms with E-state index < -0.39 is 17.9 Å². The summed E-state index contributed by atoms with van der Waals surface area (Å²) < 4.78 is 17.7. The van der Waals surface area contributed by atoms with Gasteiger partial charge in [-0.15, -0.1) is 0 Å². The minimum Gasteiger partial charge on any atom is -0.478 e. The van der Waals surface area contributed by atoms with E-state index in [1.807, 2.05) is 42.5 Å². The van der Waals surface area contributed by atoms with Crippen molar-refractivity contribution in [2.75, 3.05) is 17.4 Å². The van der Waals surface area contributed by atoms with E-state index in [9.17, 15) is 19.2 Å². The van der Waals surface area contributed by atoms with E-state index in [-0.39, 0.29) is 79.4 Å². The Morgan fingerprint density at radius 3 is 1.56 bits per heavy atom. The van der Waals surface area contributed by atoms with Crippen LogP contribution in [0.2, 0.25) is 0 Å². The van der Waals surface area contributed by atoms with Gasteiger partial charge in [0.2, 0.25) is 30.4 Å². The van der Waals surface area contributed by atoms with Crippen molar-refractivity contribution in [2.24, 2.45) is 10.2 Å². The molecule has 0 fully saturated rings. The fourth-order valence-electron chi connectivity index (χ4n) is 7.34. The number of rotatable bonds is 15. The first kappa shape index (κ1) is 44.1. The zero-order valence-corrected chi connectivity index (χ0v) is 36.2. The highest BCUT2D eigenvalue weighted by atomic mass is 16.7. The lowest BCUT2D eigenvalue weighted by Crippen LogP contribution is -2.37. The molecule has 4 aromatic carbocycles. The predicted molar refractivity (Wildman–Crippen MR) is 238 cm³/mol. The fourth-order valence-corrected chi connectivity index (χ4v) is 7.34. The molecule has 0 aromatic heterocycles. The number of fused-ring (bicyclic) bond motifs is 2. The molecule has 6 rings (SSSR count). The number of anilines is 2. The quantitative estimate of drug-likeness (QED) is 0.0867. The van der Waals surface area contributed by atoms with Crippen molar-refractivity contribution in [3.05, 3.63) is 112 Å². The third-order valence-corrected chi connectivity index (χ3v) is 10.6. The van der Waals surface area contributed by atoms with Crippen molar-refractivity contribution < 1.29 is 33.4 Å². The van der Waals surface area contributed by atoms with Gasteiger partial charge in [0.25, 0.3) is 0 Å². The number of para-hydroxylation sites is 3. The van der Waals surface area contributed by atoms with Crippen LogP contribution in [-0.2, 0) is 19.2 Å². The normalized spacial score (nSPS) is 15.6. The molecule has 0 unspecified atom stereocenters. The molecule has 1 atom stereocenters. The van der Waals surface area contributed by atoms with Crippen LogP contribution in [0.4, 0.5) is 11.4 Å². The molecule has 13 nitrogen and oxygen atoms in total. The summed E-state index contributed by atoms with van der Waals surface area (Å²) in [4.78, 5) is 53.2. The Kier molecular flexibility index (Phi) is 14.2. The third kappa shape index (κ3) is 10.6. The maximum absolute atomic E-state index is 13.4. The topological polar surface area (TPSA) is 169 Å². The Hall–Kier alpha value is -6.50. The molecular weight excluding hydrogens is 773 g/mol. The molecule has 4 amide bonds. The largest absolute Gasteiger partial charge is 0.478 e. The lowest BCUT2D eigenvalue weighted by Gasteiger charge is -2.29. The first-order valence-electron chi connectivity index (χ1n) is 21.0. The molecule has 0 bridgehead atoms.